The number of pyridine rings is 1. The summed E-state index contributed by atoms with van der Waals surface area (Å²) in [4.78, 5) is 37.5. The van der Waals surface area contributed by atoms with Crippen molar-refractivity contribution in [3.63, 3.8) is 0 Å². The summed E-state index contributed by atoms with van der Waals surface area (Å²) in [7, 11) is 0. The van der Waals surface area contributed by atoms with E-state index in [2.05, 4.69) is 24.9 Å². The molecule has 0 saturated heterocycles. The van der Waals surface area contributed by atoms with E-state index < -0.39 is 17.1 Å². The molecule has 90 valence electrons. The fourth-order valence-corrected chi connectivity index (χ4v) is 1.57. The van der Waals surface area contributed by atoms with Gasteiger partial charge in [0, 0.05) is 0 Å². The minimum absolute atomic E-state index is 0.130. The Labute approximate surface area is 97.7 Å². The van der Waals surface area contributed by atoms with Crippen LogP contribution in [0.5, 0.6) is 0 Å². The van der Waals surface area contributed by atoms with Gasteiger partial charge in [0.15, 0.2) is 11.5 Å². The van der Waals surface area contributed by atoms with Gasteiger partial charge in [-0.1, -0.05) is 0 Å². The molecule has 3 N–H and O–H groups in total. The molecular formula is C10H6FN5O2. The first kappa shape index (κ1) is 10.4. The molecule has 0 atom stereocenters. The van der Waals surface area contributed by atoms with Crippen molar-refractivity contribution in [3.05, 3.63) is 45.0 Å². The Bertz CT molecular complexity index is 830. The van der Waals surface area contributed by atoms with E-state index in [1.807, 2.05) is 0 Å². The molecule has 0 spiro atoms. The van der Waals surface area contributed by atoms with E-state index in [1.165, 1.54) is 12.1 Å². The number of aromatic nitrogens is 5. The number of H-pyrrole nitrogens is 3. The molecule has 0 aromatic carbocycles. The minimum atomic E-state index is -0.641. The lowest BCUT2D eigenvalue weighted by Crippen LogP contribution is -2.21. The van der Waals surface area contributed by atoms with Crippen molar-refractivity contribution < 1.29 is 4.39 Å². The molecule has 18 heavy (non-hydrogen) atoms. The molecule has 0 saturated carbocycles. The predicted octanol–water partition coefficient (Wildman–Crippen LogP) is 0.141. The average Bonchev–Trinajstić information content (AvgIpc) is 2.74. The predicted molar refractivity (Wildman–Crippen MR) is 60.5 cm³/mol. The number of halogens is 1. The normalized spacial score (nSPS) is 10.9. The van der Waals surface area contributed by atoms with E-state index in [1.54, 1.807) is 0 Å². The Morgan fingerprint density at radius 2 is 1.94 bits per heavy atom. The Morgan fingerprint density at radius 1 is 1.11 bits per heavy atom. The molecule has 8 heteroatoms. The van der Waals surface area contributed by atoms with E-state index >= 15 is 0 Å². The van der Waals surface area contributed by atoms with Crippen LogP contribution in [0.25, 0.3) is 22.7 Å². The van der Waals surface area contributed by atoms with Crippen LogP contribution in [0.1, 0.15) is 0 Å². The zero-order valence-corrected chi connectivity index (χ0v) is 8.82. The zero-order valence-electron chi connectivity index (χ0n) is 8.82. The van der Waals surface area contributed by atoms with Gasteiger partial charge >= 0.3 is 5.69 Å². The molecular weight excluding hydrogens is 241 g/mol. The highest BCUT2D eigenvalue weighted by Gasteiger charge is 2.10. The van der Waals surface area contributed by atoms with Crippen molar-refractivity contribution >= 4 is 11.2 Å². The first-order valence-corrected chi connectivity index (χ1v) is 4.98. The standard InChI is InChI=1S/C10H6FN5O2/c11-4-1-2-5(12-3-4)7-13-6-8(14-7)15-10(18)16-9(6)17/h1-3H,(H3,13,14,15,16,17,18). The van der Waals surface area contributed by atoms with Crippen LogP contribution in [0.15, 0.2) is 27.9 Å². The van der Waals surface area contributed by atoms with Crippen LogP contribution in [-0.4, -0.2) is 24.9 Å². The van der Waals surface area contributed by atoms with Crippen molar-refractivity contribution in [3.8, 4) is 11.5 Å². The summed E-state index contributed by atoms with van der Waals surface area (Å²) in [6, 6.07) is 2.64. The molecule has 0 fully saturated rings. The average molecular weight is 247 g/mol. The Balaban J connectivity index is 2.25. The number of imidazole rings is 1. The van der Waals surface area contributed by atoms with Gasteiger partial charge in [-0.3, -0.25) is 14.8 Å². The van der Waals surface area contributed by atoms with Crippen LogP contribution in [0.3, 0.4) is 0 Å². The van der Waals surface area contributed by atoms with Crippen molar-refractivity contribution in [1.82, 2.24) is 24.9 Å². The van der Waals surface area contributed by atoms with Gasteiger partial charge in [0.1, 0.15) is 17.0 Å². The Morgan fingerprint density at radius 3 is 2.67 bits per heavy atom. The summed E-state index contributed by atoms with van der Waals surface area (Å²) in [5.74, 6) is -0.196. The second-order valence-corrected chi connectivity index (χ2v) is 3.58. The Hall–Kier alpha value is -2.77. The van der Waals surface area contributed by atoms with E-state index in [0.717, 1.165) is 6.20 Å². The maximum atomic E-state index is 12.7. The van der Waals surface area contributed by atoms with Crippen molar-refractivity contribution in [2.75, 3.05) is 0 Å². The van der Waals surface area contributed by atoms with E-state index in [4.69, 9.17) is 0 Å². The lowest BCUT2D eigenvalue weighted by Gasteiger charge is -1.93. The van der Waals surface area contributed by atoms with Crippen LogP contribution in [0.4, 0.5) is 4.39 Å². The third kappa shape index (κ3) is 1.59. The van der Waals surface area contributed by atoms with Gasteiger partial charge in [0.2, 0.25) is 0 Å². The first-order chi connectivity index (χ1) is 8.63. The highest BCUT2D eigenvalue weighted by molar-refractivity contribution is 5.73. The minimum Gasteiger partial charge on any atom is -0.331 e. The van der Waals surface area contributed by atoms with Gasteiger partial charge in [-0.05, 0) is 12.1 Å². The molecule has 0 aliphatic rings. The van der Waals surface area contributed by atoms with E-state index in [0.29, 0.717) is 5.69 Å². The SMILES string of the molecule is O=c1[nH]c(=O)c2[nH]c(-c3ccc(F)cn3)nc2[nH]1. The van der Waals surface area contributed by atoms with E-state index in [9.17, 15) is 14.0 Å². The molecule has 0 aliphatic heterocycles. The summed E-state index contributed by atoms with van der Waals surface area (Å²) in [6.07, 6.45) is 1.04. The monoisotopic (exact) mass is 247 g/mol. The molecule has 0 radical (unpaired) electrons. The molecule has 3 aromatic rings. The van der Waals surface area contributed by atoms with E-state index in [-0.39, 0.29) is 17.0 Å². The number of nitrogens with zero attached hydrogens (tertiary/aromatic N) is 2. The van der Waals surface area contributed by atoms with Crippen molar-refractivity contribution in [2.24, 2.45) is 0 Å². The van der Waals surface area contributed by atoms with Gasteiger partial charge < -0.3 is 4.98 Å². The second-order valence-electron chi connectivity index (χ2n) is 3.58. The summed E-state index contributed by atoms with van der Waals surface area (Å²) in [5.41, 5.74) is -0.583. The summed E-state index contributed by atoms with van der Waals surface area (Å²) >= 11 is 0. The third-order valence-corrected chi connectivity index (χ3v) is 2.36. The second kappa shape index (κ2) is 3.62. The first-order valence-electron chi connectivity index (χ1n) is 4.98. The van der Waals surface area contributed by atoms with Crippen molar-refractivity contribution in [2.45, 2.75) is 0 Å². The summed E-state index contributed by atoms with van der Waals surface area (Å²) < 4.78 is 12.7. The summed E-state index contributed by atoms with van der Waals surface area (Å²) in [6.45, 7) is 0. The summed E-state index contributed by atoms with van der Waals surface area (Å²) in [5, 5.41) is 0. The van der Waals surface area contributed by atoms with Gasteiger partial charge in [-0.2, -0.15) is 0 Å². The molecule has 7 nitrogen and oxygen atoms in total. The highest BCUT2D eigenvalue weighted by Crippen LogP contribution is 2.14. The van der Waals surface area contributed by atoms with Gasteiger partial charge in [0.25, 0.3) is 5.56 Å². The van der Waals surface area contributed by atoms with Crippen LogP contribution in [0, 0.1) is 5.82 Å². The fourth-order valence-electron chi connectivity index (χ4n) is 1.57. The number of nitrogens with one attached hydrogen (secondary N) is 3. The number of hydrogen-bond donors (Lipinski definition) is 3. The molecule has 0 aliphatic carbocycles. The zero-order chi connectivity index (χ0) is 12.7. The lowest BCUT2D eigenvalue weighted by atomic mass is 10.3. The third-order valence-electron chi connectivity index (χ3n) is 2.36. The van der Waals surface area contributed by atoms with Crippen LogP contribution >= 0.6 is 0 Å². The van der Waals surface area contributed by atoms with Crippen LogP contribution in [-0.2, 0) is 0 Å². The quantitative estimate of drug-likeness (QED) is 0.568. The van der Waals surface area contributed by atoms with Gasteiger partial charge in [-0.25, -0.2) is 19.2 Å². The number of hydrogen-bond acceptors (Lipinski definition) is 4. The molecule has 3 rings (SSSR count). The molecule has 0 unspecified atom stereocenters. The number of aromatic amines is 3. The fraction of sp³-hybridized carbons (Fsp3) is 0. The number of fused-ring (bicyclic) bond motifs is 1. The van der Waals surface area contributed by atoms with Crippen LogP contribution in [0.2, 0.25) is 0 Å². The van der Waals surface area contributed by atoms with Crippen molar-refractivity contribution in [1.29, 1.82) is 0 Å². The topological polar surface area (TPSA) is 107 Å². The Kier molecular flexibility index (Phi) is 2.09. The van der Waals surface area contributed by atoms with Gasteiger partial charge in [0.05, 0.1) is 6.20 Å². The maximum absolute atomic E-state index is 12.7. The lowest BCUT2D eigenvalue weighted by molar-refractivity contribution is 0.621. The number of rotatable bonds is 1. The van der Waals surface area contributed by atoms with Crippen LogP contribution < -0.4 is 11.2 Å². The molecule has 3 aromatic heterocycles. The molecule has 3 heterocycles. The largest absolute Gasteiger partial charge is 0.331 e. The smallest absolute Gasteiger partial charge is 0.327 e. The highest BCUT2D eigenvalue weighted by atomic mass is 19.1. The molecule has 0 bridgehead atoms. The molecule has 0 amide bonds. The van der Waals surface area contributed by atoms with Gasteiger partial charge in [-0.15, -0.1) is 0 Å². The maximum Gasteiger partial charge on any atom is 0.327 e.